The Hall–Kier alpha value is -1.55. The lowest BCUT2D eigenvalue weighted by Gasteiger charge is -2.02. The van der Waals surface area contributed by atoms with Crippen LogP contribution in [0.5, 0.6) is 0 Å². The standard InChI is InChI=1S/C10H9NO2S/c1-13-10(12)7-2-3-8(11)9-6(7)4-5-14-9/h2-5H,11H2,1H3. The number of hydrogen-bond donors (Lipinski definition) is 1. The average Bonchev–Trinajstić information content (AvgIpc) is 2.67. The van der Waals surface area contributed by atoms with Gasteiger partial charge in [-0.3, -0.25) is 0 Å². The van der Waals surface area contributed by atoms with Crippen LogP contribution >= 0.6 is 11.3 Å². The lowest BCUT2D eigenvalue weighted by atomic mass is 10.1. The molecule has 0 radical (unpaired) electrons. The van der Waals surface area contributed by atoms with Gasteiger partial charge < -0.3 is 10.5 Å². The first-order chi connectivity index (χ1) is 6.74. The van der Waals surface area contributed by atoms with Crippen LogP contribution in [0, 0.1) is 0 Å². The fourth-order valence-corrected chi connectivity index (χ4v) is 2.22. The molecule has 0 fully saturated rings. The number of nitrogen functional groups attached to an aromatic ring is 1. The second kappa shape index (κ2) is 3.31. The summed E-state index contributed by atoms with van der Waals surface area (Å²) in [5, 5.41) is 2.77. The van der Waals surface area contributed by atoms with E-state index in [1.165, 1.54) is 18.4 Å². The molecule has 2 rings (SSSR count). The van der Waals surface area contributed by atoms with E-state index in [2.05, 4.69) is 4.74 Å². The first-order valence-corrected chi connectivity index (χ1v) is 4.96. The molecule has 0 atom stereocenters. The highest BCUT2D eigenvalue weighted by Gasteiger charge is 2.11. The highest BCUT2D eigenvalue weighted by atomic mass is 32.1. The van der Waals surface area contributed by atoms with Crippen LogP contribution in [0.25, 0.3) is 10.1 Å². The van der Waals surface area contributed by atoms with Crippen molar-refractivity contribution in [3.63, 3.8) is 0 Å². The Kier molecular flexibility index (Phi) is 2.13. The van der Waals surface area contributed by atoms with Gasteiger partial charge in [-0.25, -0.2) is 4.79 Å². The van der Waals surface area contributed by atoms with E-state index in [0.717, 1.165) is 10.1 Å². The maximum absolute atomic E-state index is 11.4. The Morgan fingerprint density at radius 2 is 2.21 bits per heavy atom. The smallest absolute Gasteiger partial charge is 0.338 e. The van der Waals surface area contributed by atoms with Gasteiger partial charge in [-0.1, -0.05) is 0 Å². The van der Waals surface area contributed by atoms with Gasteiger partial charge in [0.2, 0.25) is 0 Å². The molecule has 0 unspecified atom stereocenters. The lowest BCUT2D eigenvalue weighted by molar-refractivity contribution is 0.0603. The Labute approximate surface area is 85.1 Å². The van der Waals surface area contributed by atoms with Crippen molar-refractivity contribution in [2.45, 2.75) is 0 Å². The summed E-state index contributed by atoms with van der Waals surface area (Å²) in [5.74, 6) is -0.326. The SMILES string of the molecule is COC(=O)c1ccc(N)c2sccc12. The van der Waals surface area contributed by atoms with Gasteiger partial charge in [0.1, 0.15) is 0 Å². The van der Waals surface area contributed by atoms with Crippen LogP contribution in [-0.2, 0) is 4.74 Å². The van der Waals surface area contributed by atoms with E-state index >= 15 is 0 Å². The number of carbonyl (C=O) groups is 1. The van der Waals surface area contributed by atoms with Gasteiger partial charge in [0.15, 0.2) is 0 Å². The summed E-state index contributed by atoms with van der Waals surface area (Å²) in [7, 11) is 1.37. The summed E-state index contributed by atoms with van der Waals surface area (Å²) in [6.07, 6.45) is 0. The van der Waals surface area contributed by atoms with Gasteiger partial charge in [-0.15, -0.1) is 11.3 Å². The third-order valence-electron chi connectivity index (χ3n) is 2.05. The van der Waals surface area contributed by atoms with Crippen LogP contribution in [0.2, 0.25) is 0 Å². The molecule has 1 heterocycles. The zero-order valence-corrected chi connectivity index (χ0v) is 8.43. The second-order valence-electron chi connectivity index (χ2n) is 2.86. The number of rotatable bonds is 1. The highest BCUT2D eigenvalue weighted by molar-refractivity contribution is 7.17. The number of hydrogen-bond acceptors (Lipinski definition) is 4. The zero-order chi connectivity index (χ0) is 10.1. The monoisotopic (exact) mass is 207 g/mol. The van der Waals surface area contributed by atoms with Gasteiger partial charge in [-0.2, -0.15) is 0 Å². The Morgan fingerprint density at radius 3 is 2.93 bits per heavy atom. The number of anilines is 1. The molecule has 4 heteroatoms. The summed E-state index contributed by atoms with van der Waals surface area (Å²) in [6.45, 7) is 0. The number of carbonyl (C=O) groups excluding carboxylic acids is 1. The van der Waals surface area contributed by atoms with Crippen molar-refractivity contribution in [3.05, 3.63) is 29.1 Å². The summed E-state index contributed by atoms with van der Waals surface area (Å²) in [5.41, 5.74) is 7.03. The van der Waals surface area contributed by atoms with E-state index in [-0.39, 0.29) is 5.97 Å². The summed E-state index contributed by atoms with van der Waals surface area (Å²) >= 11 is 1.52. The van der Waals surface area contributed by atoms with Crippen LogP contribution in [0.4, 0.5) is 5.69 Å². The Bertz CT molecular complexity index is 490. The van der Waals surface area contributed by atoms with Crippen molar-refractivity contribution >= 4 is 33.1 Å². The number of benzene rings is 1. The summed E-state index contributed by atoms with van der Waals surface area (Å²) in [6, 6.07) is 5.30. The normalized spacial score (nSPS) is 10.4. The van der Waals surface area contributed by atoms with Crippen molar-refractivity contribution < 1.29 is 9.53 Å². The molecule has 0 aliphatic heterocycles. The molecule has 3 nitrogen and oxygen atoms in total. The molecule has 0 spiro atoms. The van der Waals surface area contributed by atoms with Crippen molar-refractivity contribution in [3.8, 4) is 0 Å². The van der Waals surface area contributed by atoms with E-state index in [1.807, 2.05) is 11.4 Å². The predicted octanol–water partition coefficient (Wildman–Crippen LogP) is 2.27. The minimum atomic E-state index is -0.326. The van der Waals surface area contributed by atoms with Crippen molar-refractivity contribution in [1.29, 1.82) is 0 Å². The third kappa shape index (κ3) is 1.24. The largest absolute Gasteiger partial charge is 0.465 e. The van der Waals surface area contributed by atoms with E-state index in [1.54, 1.807) is 12.1 Å². The maximum Gasteiger partial charge on any atom is 0.338 e. The van der Waals surface area contributed by atoms with Gasteiger partial charge in [0.05, 0.1) is 17.4 Å². The van der Waals surface area contributed by atoms with Crippen LogP contribution in [0.15, 0.2) is 23.6 Å². The molecule has 1 aromatic heterocycles. The zero-order valence-electron chi connectivity index (χ0n) is 7.61. The van der Waals surface area contributed by atoms with E-state index in [4.69, 9.17) is 5.73 Å². The fraction of sp³-hybridized carbons (Fsp3) is 0.100. The Balaban J connectivity index is 2.72. The first kappa shape index (κ1) is 9.02. The molecule has 0 amide bonds. The summed E-state index contributed by atoms with van der Waals surface area (Å²) in [4.78, 5) is 11.4. The van der Waals surface area contributed by atoms with Crippen molar-refractivity contribution in [2.75, 3.05) is 12.8 Å². The van der Waals surface area contributed by atoms with Crippen molar-refractivity contribution in [2.24, 2.45) is 0 Å². The molecule has 1 aromatic carbocycles. The topological polar surface area (TPSA) is 52.3 Å². The van der Waals surface area contributed by atoms with Crippen LogP contribution in [0.3, 0.4) is 0 Å². The molecular weight excluding hydrogens is 198 g/mol. The molecule has 0 aliphatic rings. The molecule has 0 aliphatic carbocycles. The average molecular weight is 207 g/mol. The highest BCUT2D eigenvalue weighted by Crippen LogP contribution is 2.29. The molecule has 0 saturated heterocycles. The van der Waals surface area contributed by atoms with E-state index in [0.29, 0.717) is 11.3 Å². The number of thiophene rings is 1. The molecule has 0 saturated carbocycles. The van der Waals surface area contributed by atoms with E-state index < -0.39 is 0 Å². The van der Waals surface area contributed by atoms with Crippen molar-refractivity contribution in [1.82, 2.24) is 0 Å². The molecule has 0 bridgehead atoms. The van der Waals surface area contributed by atoms with Gasteiger partial charge in [0, 0.05) is 11.1 Å². The molecule has 2 aromatic rings. The van der Waals surface area contributed by atoms with Crippen LogP contribution in [0.1, 0.15) is 10.4 Å². The molecule has 14 heavy (non-hydrogen) atoms. The number of nitrogens with two attached hydrogens (primary N) is 1. The first-order valence-electron chi connectivity index (χ1n) is 4.08. The summed E-state index contributed by atoms with van der Waals surface area (Å²) < 4.78 is 5.62. The van der Waals surface area contributed by atoms with E-state index in [9.17, 15) is 4.79 Å². The quantitative estimate of drug-likeness (QED) is 0.576. The predicted molar refractivity (Wildman–Crippen MR) is 57.6 cm³/mol. The minimum Gasteiger partial charge on any atom is -0.465 e. The number of fused-ring (bicyclic) bond motifs is 1. The molecule has 72 valence electrons. The minimum absolute atomic E-state index is 0.326. The number of ether oxygens (including phenoxy) is 1. The maximum atomic E-state index is 11.4. The van der Waals surface area contributed by atoms with Gasteiger partial charge in [0.25, 0.3) is 0 Å². The van der Waals surface area contributed by atoms with Crippen LogP contribution in [-0.4, -0.2) is 13.1 Å². The lowest BCUT2D eigenvalue weighted by Crippen LogP contribution is -2.01. The Morgan fingerprint density at radius 1 is 1.43 bits per heavy atom. The molecular formula is C10H9NO2S. The third-order valence-corrected chi connectivity index (χ3v) is 3.02. The fourth-order valence-electron chi connectivity index (χ4n) is 1.37. The second-order valence-corrected chi connectivity index (χ2v) is 3.77. The number of methoxy groups -OCH3 is 1. The molecule has 2 N–H and O–H groups in total. The number of esters is 1. The van der Waals surface area contributed by atoms with Gasteiger partial charge in [-0.05, 0) is 23.6 Å². The van der Waals surface area contributed by atoms with Gasteiger partial charge >= 0.3 is 5.97 Å². The van der Waals surface area contributed by atoms with Crippen LogP contribution < -0.4 is 5.73 Å².